The van der Waals surface area contributed by atoms with Gasteiger partial charge in [0.1, 0.15) is 0 Å². The average Bonchev–Trinajstić information content (AvgIpc) is 2.61. The van der Waals surface area contributed by atoms with Crippen LogP contribution in [0, 0.1) is 0 Å². The average molecular weight is 323 g/mol. The largest absolute Gasteiger partial charge is 0.350 e. The molecule has 0 radical (unpaired) electrons. The highest BCUT2D eigenvalue weighted by atomic mass is 16.2. The zero-order chi connectivity index (χ0) is 17.4. The molecule has 3 heteroatoms. The first kappa shape index (κ1) is 17.9. The van der Waals surface area contributed by atoms with Gasteiger partial charge < -0.3 is 5.32 Å². The number of ketones is 1. The van der Waals surface area contributed by atoms with Crippen LogP contribution in [0.5, 0.6) is 0 Å². The molecule has 0 saturated heterocycles. The molecule has 1 atom stereocenters. The zero-order valence-electron chi connectivity index (χ0n) is 14.4. The van der Waals surface area contributed by atoms with Crippen molar-refractivity contribution in [3.63, 3.8) is 0 Å². The lowest BCUT2D eigenvalue weighted by Crippen LogP contribution is -2.26. The Morgan fingerprint density at radius 3 is 2.25 bits per heavy atom. The lowest BCUT2D eigenvalue weighted by Gasteiger charge is -2.14. The summed E-state index contributed by atoms with van der Waals surface area (Å²) in [6.45, 7) is 4.08. The third kappa shape index (κ3) is 5.34. The van der Waals surface area contributed by atoms with Crippen LogP contribution in [0.1, 0.15) is 60.6 Å². The first-order valence-corrected chi connectivity index (χ1v) is 8.56. The third-order valence-electron chi connectivity index (χ3n) is 4.07. The van der Waals surface area contributed by atoms with Crippen LogP contribution in [0.25, 0.3) is 0 Å². The SMILES string of the molecule is CCCc1ccc(C(=O)CCC(=O)N[C@H](C)c2ccccc2)cc1. The minimum Gasteiger partial charge on any atom is -0.350 e. The van der Waals surface area contributed by atoms with Gasteiger partial charge in [-0.2, -0.15) is 0 Å². The van der Waals surface area contributed by atoms with Gasteiger partial charge in [0.05, 0.1) is 6.04 Å². The number of hydrogen-bond donors (Lipinski definition) is 1. The molecule has 0 heterocycles. The molecule has 0 saturated carbocycles. The summed E-state index contributed by atoms with van der Waals surface area (Å²) in [6, 6.07) is 17.5. The molecule has 1 amide bonds. The second-order valence-electron chi connectivity index (χ2n) is 6.07. The van der Waals surface area contributed by atoms with Crippen LogP contribution in [0.3, 0.4) is 0 Å². The van der Waals surface area contributed by atoms with Crippen LogP contribution in [0.2, 0.25) is 0 Å². The van der Waals surface area contributed by atoms with Gasteiger partial charge in [0.25, 0.3) is 0 Å². The maximum atomic E-state index is 12.2. The smallest absolute Gasteiger partial charge is 0.220 e. The molecule has 3 nitrogen and oxygen atoms in total. The number of carbonyl (C=O) groups excluding carboxylic acids is 2. The van der Waals surface area contributed by atoms with Crippen molar-refractivity contribution < 1.29 is 9.59 Å². The Labute approximate surface area is 144 Å². The van der Waals surface area contributed by atoms with E-state index in [1.807, 2.05) is 61.5 Å². The van der Waals surface area contributed by atoms with Crippen molar-refractivity contribution in [2.24, 2.45) is 0 Å². The first-order valence-electron chi connectivity index (χ1n) is 8.56. The molecule has 2 aromatic rings. The van der Waals surface area contributed by atoms with E-state index >= 15 is 0 Å². The minimum atomic E-state index is -0.0951. The van der Waals surface area contributed by atoms with Gasteiger partial charge in [-0.3, -0.25) is 9.59 Å². The Bertz CT molecular complexity index is 662. The summed E-state index contributed by atoms with van der Waals surface area (Å²) in [5.74, 6) is -0.0807. The van der Waals surface area contributed by atoms with Crippen molar-refractivity contribution in [2.75, 3.05) is 0 Å². The second-order valence-corrected chi connectivity index (χ2v) is 6.07. The molecule has 0 aliphatic heterocycles. The molecule has 2 rings (SSSR count). The lowest BCUT2D eigenvalue weighted by molar-refractivity contribution is -0.121. The molecule has 0 fully saturated rings. The number of carbonyl (C=O) groups is 2. The third-order valence-corrected chi connectivity index (χ3v) is 4.07. The predicted molar refractivity (Wildman–Crippen MR) is 97.0 cm³/mol. The summed E-state index contributed by atoms with van der Waals surface area (Å²) < 4.78 is 0. The van der Waals surface area contributed by atoms with Gasteiger partial charge in [-0.25, -0.2) is 0 Å². The molecule has 0 aromatic heterocycles. The highest BCUT2D eigenvalue weighted by molar-refractivity contribution is 5.98. The molecular weight excluding hydrogens is 298 g/mol. The molecule has 0 unspecified atom stereocenters. The molecule has 0 spiro atoms. The Morgan fingerprint density at radius 2 is 1.62 bits per heavy atom. The Balaban J connectivity index is 1.81. The normalized spacial score (nSPS) is 11.8. The van der Waals surface area contributed by atoms with Crippen LogP contribution in [-0.4, -0.2) is 11.7 Å². The number of nitrogens with one attached hydrogen (secondary N) is 1. The molecule has 0 bridgehead atoms. The first-order chi connectivity index (χ1) is 11.6. The van der Waals surface area contributed by atoms with Gasteiger partial charge >= 0.3 is 0 Å². The summed E-state index contributed by atoms with van der Waals surface area (Å²) in [4.78, 5) is 24.2. The number of rotatable bonds is 8. The van der Waals surface area contributed by atoms with E-state index in [2.05, 4.69) is 12.2 Å². The summed E-state index contributed by atoms with van der Waals surface area (Å²) >= 11 is 0. The van der Waals surface area contributed by atoms with E-state index in [9.17, 15) is 9.59 Å². The molecule has 0 aliphatic carbocycles. The highest BCUT2D eigenvalue weighted by Gasteiger charge is 2.12. The Hall–Kier alpha value is -2.42. The summed E-state index contributed by atoms with van der Waals surface area (Å²) in [7, 11) is 0. The van der Waals surface area contributed by atoms with Crippen LogP contribution >= 0.6 is 0 Å². The summed E-state index contributed by atoms with van der Waals surface area (Å²) in [5, 5.41) is 2.94. The Kier molecular flexibility index (Phi) is 6.74. The van der Waals surface area contributed by atoms with Gasteiger partial charge in [0, 0.05) is 18.4 Å². The maximum absolute atomic E-state index is 12.2. The minimum absolute atomic E-state index is 0.0144. The van der Waals surface area contributed by atoms with E-state index in [1.165, 1.54) is 5.56 Å². The number of benzene rings is 2. The number of aryl methyl sites for hydroxylation is 1. The van der Waals surface area contributed by atoms with E-state index in [-0.39, 0.29) is 30.6 Å². The van der Waals surface area contributed by atoms with Gasteiger partial charge in [-0.1, -0.05) is 67.9 Å². The Morgan fingerprint density at radius 1 is 0.958 bits per heavy atom. The molecule has 0 aliphatic rings. The zero-order valence-corrected chi connectivity index (χ0v) is 14.4. The van der Waals surface area contributed by atoms with Crippen molar-refractivity contribution in [1.29, 1.82) is 0 Å². The van der Waals surface area contributed by atoms with Crippen LogP contribution in [0.4, 0.5) is 0 Å². The van der Waals surface area contributed by atoms with E-state index in [0.29, 0.717) is 5.56 Å². The van der Waals surface area contributed by atoms with Crippen LogP contribution < -0.4 is 5.32 Å². The fourth-order valence-electron chi connectivity index (χ4n) is 2.66. The van der Waals surface area contributed by atoms with E-state index in [4.69, 9.17) is 0 Å². The van der Waals surface area contributed by atoms with E-state index in [1.54, 1.807) is 0 Å². The van der Waals surface area contributed by atoms with E-state index < -0.39 is 0 Å². The predicted octanol–water partition coefficient (Wildman–Crippen LogP) is 4.48. The van der Waals surface area contributed by atoms with Crippen molar-refractivity contribution in [2.45, 2.75) is 45.6 Å². The van der Waals surface area contributed by atoms with Crippen molar-refractivity contribution in [3.8, 4) is 0 Å². The van der Waals surface area contributed by atoms with Crippen molar-refractivity contribution >= 4 is 11.7 Å². The van der Waals surface area contributed by atoms with Crippen LogP contribution in [-0.2, 0) is 11.2 Å². The van der Waals surface area contributed by atoms with Crippen molar-refractivity contribution in [3.05, 3.63) is 71.3 Å². The quantitative estimate of drug-likeness (QED) is 0.728. The summed E-state index contributed by atoms with van der Waals surface area (Å²) in [6.07, 6.45) is 2.56. The van der Waals surface area contributed by atoms with Gasteiger partial charge in [-0.15, -0.1) is 0 Å². The number of amides is 1. The molecular formula is C21H25NO2. The van der Waals surface area contributed by atoms with Crippen molar-refractivity contribution in [1.82, 2.24) is 5.32 Å². The summed E-state index contributed by atoms with van der Waals surface area (Å²) in [5.41, 5.74) is 2.98. The molecule has 126 valence electrons. The van der Waals surface area contributed by atoms with Crippen LogP contribution in [0.15, 0.2) is 54.6 Å². The van der Waals surface area contributed by atoms with Gasteiger partial charge in [0.15, 0.2) is 5.78 Å². The van der Waals surface area contributed by atoms with Gasteiger partial charge in [-0.05, 0) is 24.5 Å². The number of Topliss-reactive ketones (excluding diaryl/α,β-unsaturated/α-hetero) is 1. The fourth-order valence-corrected chi connectivity index (χ4v) is 2.66. The van der Waals surface area contributed by atoms with E-state index in [0.717, 1.165) is 18.4 Å². The standard InChI is InChI=1S/C21H25NO2/c1-3-7-17-10-12-19(13-11-17)20(23)14-15-21(24)22-16(2)18-8-5-4-6-9-18/h4-6,8-13,16H,3,7,14-15H2,1-2H3,(H,22,24)/t16-/m1/s1. The maximum Gasteiger partial charge on any atom is 0.220 e. The topological polar surface area (TPSA) is 46.2 Å². The monoisotopic (exact) mass is 323 g/mol. The van der Waals surface area contributed by atoms with Gasteiger partial charge in [0.2, 0.25) is 5.91 Å². The molecule has 24 heavy (non-hydrogen) atoms. The molecule has 2 aromatic carbocycles. The highest BCUT2D eigenvalue weighted by Crippen LogP contribution is 2.13. The molecule has 1 N–H and O–H groups in total. The second kappa shape index (κ2) is 9.02. The fraction of sp³-hybridized carbons (Fsp3) is 0.333. The lowest BCUT2D eigenvalue weighted by atomic mass is 10.0. The number of hydrogen-bond acceptors (Lipinski definition) is 2.